The van der Waals surface area contributed by atoms with Crippen LogP contribution in [-0.2, 0) is 6.61 Å². The van der Waals surface area contributed by atoms with Crippen LogP contribution in [0.4, 0.5) is 10.1 Å². The molecular weight excluding hydrogens is 293 g/mol. The molecule has 122 valence electrons. The van der Waals surface area contributed by atoms with Crippen LogP contribution in [0.3, 0.4) is 0 Å². The highest BCUT2D eigenvalue weighted by Gasteiger charge is 2.22. The molecular formula is C18H22FN3O. The number of piperazine rings is 1. The summed E-state index contributed by atoms with van der Waals surface area (Å²) in [6.07, 6.45) is -0.141. The standard InChI is InChI=1S/C18H22FN3O/c19-16-5-7-17(8-6-16)21-9-11-22(12-10-21)18(20)15-3-1-14(13-23)2-4-15/h1-8,18,23H,9-13,20H2/t18-/m1/s1. The Labute approximate surface area is 135 Å². The van der Waals surface area contributed by atoms with E-state index in [2.05, 4.69) is 9.80 Å². The van der Waals surface area contributed by atoms with Gasteiger partial charge in [-0.25, -0.2) is 4.39 Å². The molecule has 0 unspecified atom stereocenters. The molecule has 3 N–H and O–H groups in total. The summed E-state index contributed by atoms with van der Waals surface area (Å²) in [4.78, 5) is 4.49. The topological polar surface area (TPSA) is 52.7 Å². The number of aliphatic hydroxyl groups excluding tert-OH is 1. The second-order valence-corrected chi connectivity index (χ2v) is 5.84. The number of nitrogens with zero attached hydrogens (tertiary/aromatic N) is 2. The Balaban J connectivity index is 1.60. The van der Waals surface area contributed by atoms with E-state index in [-0.39, 0.29) is 18.6 Å². The molecule has 0 saturated carbocycles. The zero-order valence-corrected chi connectivity index (χ0v) is 13.0. The Kier molecular flexibility index (Phi) is 4.91. The summed E-state index contributed by atoms with van der Waals surface area (Å²) in [7, 11) is 0. The van der Waals surface area contributed by atoms with Crippen LogP contribution in [0.2, 0.25) is 0 Å². The van der Waals surface area contributed by atoms with Gasteiger partial charge < -0.3 is 15.7 Å². The molecule has 0 spiro atoms. The van der Waals surface area contributed by atoms with E-state index in [0.29, 0.717) is 0 Å². The van der Waals surface area contributed by atoms with E-state index in [1.54, 1.807) is 0 Å². The number of hydrogen-bond donors (Lipinski definition) is 2. The van der Waals surface area contributed by atoms with Crippen LogP contribution in [0, 0.1) is 5.82 Å². The maximum Gasteiger partial charge on any atom is 0.123 e. The summed E-state index contributed by atoms with van der Waals surface area (Å²) in [6.45, 7) is 3.51. The van der Waals surface area contributed by atoms with Crippen molar-refractivity contribution in [2.24, 2.45) is 5.73 Å². The van der Waals surface area contributed by atoms with Crippen molar-refractivity contribution in [1.82, 2.24) is 4.90 Å². The molecule has 4 nitrogen and oxygen atoms in total. The molecule has 2 aromatic carbocycles. The Morgan fingerprint density at radius 3 is 2.13 bits per heavy atom. The lowest BCUT2D eigenvalue weighted by molar-refractivity contribution is 0.190. The van der Waals surface area contributed by atoms with Crippen molar-refractivity contribution < 1.29 is 9.50 Å². The number of benzene rings is 2. The van der Waals surface area contributed by atoms with E-state index < -0.39 is 0 Å². The van der Waals surface area contributed by atoms with Crippen LogP contribution < -0.4 is 10.6 Å². The van der Waals surface area contributed by atoms with Gasteiger partial charge in [-0.3, -0.25) is 4.90 Å². The first-order valence-electron chi connectivity index (χ1n) is 7.87. The van der Waals surface area contributed by atoms with E-state index in [1.807, 2.05) is 36.4 Å². The maximum absolute atomic E-state index is 13.0. The molecule has 1 aliphatic rings. The Morgan fingerprint density at radius 1 is 0.957 bits per heavy atom. The highest BCUT2D eigenvalue weighted by molar-refractivity contribution is 5.46. The molecule has 1 atom stereocenters. The number of rotatable bonds is 4. The highest BCUT2D eigenvalue weighted by atomic mass is 19.1. The van der Waals surface area contributed by atoms with E-state index in [9.17, 15) is 4.39 Å². The minimum absolute atomic E-state index is 0.0475. The quantitative estimate of drug-likeness (QED) is 0.907. The van der Waals surface area contributed by atoms with Crippen molar-refractivity contribution in [3.8, 4) is 0 Å². The third-order valence-corrected chi connectivity index (χ3v) is 4.40. The number of anilines is 1. The maximum atomic E-state index is 13.0. The predicted molar refractivity (Wildman–Crippen MR) is 89.5 cm³/mol. The van der Waals surface area contributed by atoms with Crippen molar-refractivity contribution in [2.45, 2.75) is 12.8 Å². The minimum Gasteiger partial charge on any atom is -0.392 e. The third kappa shape index (κ3) is 3.69. The highest BCUT2D eigenvalue weighted by Crippen LogP contribution is 2.21. The summed E-state index contributed by atoms with van der Waals surface area (Å²) in [6, 6.07) is 14.4. The predicted octanol–water partition coefficient (Wildman–Crippen LogP) is 2.10. The van der Waals surface area contributed by atoms with E-state index >= 15 is 0 Å². The molecule has 2 aromatic rings. The van der Waals surface area contributed by atoms with Crippen molar-refractivity contribution in [2.75, 3.05) is 31.1 Å². The van der Waals surface area contributed by atoms with Crippen molar-refractivity contribution >= 4 is 5.69 Å². The fourth-order valence-electron chi connectivity index (χ4n) is 2.94. The lowest BCUT2D eigenvalue weighted by Gasteiger charge is -2.39. The normalized spacial score (nSPS) is 17.3. The van der Waals surface area contributed by atoms with Gasteiger partial charge in [-0.2, -0.15) is 0 Å². The molecule has 1 saturated heterocycles. The first-order chi connectivity index (χ1) is 11.2. The van der Waals surface area contributed by atoms with Gasteiger partial charge in [0.25, 0.3) is 0 Å². The zero-order valence-electron chi connectivity index (χ0n) is 13.0. The van der Waals surface area contributed by atoms with Gasteiger partial charge in [-0.15, -0.1) is 0 Å². The molecule has 1 heterocycles. The molecule has 0 aliphatic carbocycles. The van der Waals surface area contributed by atoms with E-state index in [1.165, 1.54) is 12.1 Å². The minimum atomic E-state index is -0.208. The van der Waals surface area contributed by atoms with Crippen LogP contribution in [0.1, 0.15) is 17.3 Å². The van der Waals surface area contributed by atoms with Gasteiger partial charge in [-0.1, -0.05) is 24.3 Å². The van der Waals surface area contributed by atoms with E-state index in [0.717, 1.165) is 43.0 Å². The fourth-order valence-corrected chi connectivity index (χ4v) is 2.94. The second kappa shape index (κ2) is 7.08. The molecule has 0 radical (unpaired) electrons. The molecule has 3 rings (SSSR count). The molecule has 0 amide bonds. The fraction of sp³-hybridized carbons (Fsp3) is 0.333. The number of halogens is 1. The SMILES string of the molecule is N[C@@H](c1ccc(CO)cc1)N1CCN(c2ccc(F)cc2)CC1. The molecule has 0 bridgehead atoms. The van der Waals surface area contributed by atoms with Crippen LogP contribution in [0.5, 0.6) is 0 Å². The summed E-state index contributed by atoms with van der Waals surface area (Å²) in [5.74, 6) is -0.208. The van der Waals surface area contributed by atoms with Crippen LogP contribution in [0.25, 0.3) is 0 Å². The smallest absolute Gasteiger partial charge is 0.123 e. The molecule has 1 aliphatic heterocycles. The summed E-state index contributed by atoms with van der Waals surface area (Å²) >= 11 is 0. The van der Waals surface area contributed by atoms with Gasteiger partial charge in [-0.05, 0) is 35.4 Å². The average Bonchev–Trinajstić information content (AvgIpc) is 2.62. The van der Waals surface area contributed by atoms with Gasteiger partial charge in [0.1, 0.15) is 5.82 Å². The van der Waals surface area contributed by atoms with Crippen LogP contribution in [-0.4, -0.2) is 36.2 Å². The van der Waals surface area contributed by atoms with E-state index in [4.69, 9.17) is 10.8 Å². The van der Waals surface area contributed by atoms with Gasteiger partial charge in [0.05, 0.1) is 12.8 Å². The van der Waals surface area contributed by atoms with Gasteiger partial charge in [0, 0.05) is 31.9 Å². The Bertz CT molecular complexity index is 622. The number of hydrogen-bond acceptors (Lipinski definition) is 4. The lowest BCUT2D eigenvalue weighted by Crippen LogP contribution is -2.49. The van der Waals surface area contributed by atoms with Gasteiger partial charge in [0.15, 0.2) is 0 Å². The number of nitrogens with two attached hydrogens (primary N) is 1. The third-order valence-electron chi connectivity index (χ3n) is 4.40. The Morgan fingerprint density at radius 2 is 1.57 bits per heavy atom. The molecule has 1 fully saturated rings. The van der Waals surface area contributed by atoms with Crippen molar-refractivity contribution in [3.63, 3.8) is 0 Å². The van der Waals surface area contributed by atoms with Crippen LogP contribution >= 0.6 is 0 Å². The largest absolute Gasteiger partial charge is 0.392 e. The molecule has 0 aromatic heterocycles. The summed E-state index contributed by atoms with van der Waals surface area (Å²) in [5, 5.41) is 9.10. The second-order valence-electron chi connectivity index (χ2n) is 5.84. The summed E-state index contributed by atoms with van der Waals surface area (Å²) < 4.78 is 13.0. The first-order valence-corrected chi connectivity index (χ1v) is 7.87. The molecule has 23 heavy (non-hydrogen) atoms. The Hall–Kier alpha value is -1.95. The van der Waals surface area contributed by atoms with Crippen molar-refractivity contribution in [1.29, 1.82) is 0 Å². The molecule has 5 heteroatoms. The monoisotopic (exact) mass is 315 g/mol. The van der Waals surface area contributed by atoms with Gasteiger partial charge >= 0.3 is 0 Å². The average molecular weight is 315 g/mol. The summed E-state index contributed by atoms with van der Waals surface area (Å²) in [5.41, 5.74) is 9.35. The number of aliphatic hydroxyl groups is 1. The lowest BCUT2D eigenvalue weighted by atomic mass is 10.1. The first kappa shape index (κ1) is 15.9. The van der Waals surface area contributed by atoms with Crippen molar-refractivity contribution in [3.05, 3.63) is 65.5 Å². The zero-order chi connectivity index (χ0) is 16.2. The van der Waals surface area contributed by atoms with Crippen LogP contribution in [0.15, 0.2) is 48.5 Å². The van der Waals surface area contributed by atoms with Gasteiger partial charge in [0.2, 0.25) is 0 Å².